The number of amides is 1. The SMILES string of the molecule is COC(=O)c1ccccc1NC(=O)c1nnc(-c2ccccc2F)o1. The lowest BCUT2D eigenvalue weighted by Gasteiger charge is -2.07. The van der Waals surface area contributed by atoms with Gasteiger partial charge in [0.15, 0.2) is 0 Å². The van der Waals surface area contributed by atoms with Crippen LogP contribution in [0.15, 0.2) is 52.9 Å². The first-order valence-electron chi connectivity index (χ1n) is 7.17. The second-order valence-electron chi connectivity index (χ2n) is 4.88. The van der Waals surface area contributed by atoms with Gasteiger partial charge in [-0.3, -0.25) is 4.79 Å². The second-order valence-corrected chi connectivity index (χ2v) is 4.88. The fraction of sp³-hybridized carbons (Fsp3) is 0.0588. The predicted molar refractivity (Wildman–Crippen MR) is 85.4 cm³/mol. The fourth-order valence-corrected chi connectivity index (χ4v) is 2.11. The van der Waals surface area contributed by atoms with Gasteiger partial charge in [0, 0.05) is 0 Å². The van der Waals surface area contributed by atoms with E-state index in [4.69, 9.17) is 4.42 Å². The number of benzene rings is 2. The molecule has 1 heterocycles. The van der Waals surface area contributed by atoms with E-state index >= 15 is 0 Å². The maximum absolute atomic E-state index is 13.7. The van der Waals surface area contributed by atoms with Crippen LogP contribution in [0.3, 0.4) is 0 Å². The zero-order valence-corrected chi connectivity index (χ0v) is 13.0. The topological polar surface area (TPSA) is 94.3 Å². The summed E-state index contributed by atoms with van der Waals surface area (Å²) in [5.41, 5.74) is 0.487. The van der Waals surface area contributed by atoms with E-state index in [0.29, 0.717) is 0 Å². The third kappa shape index (κ3) is 3.37. The maximum atomic E-state index is 13.7. The number of methoxy groups -OCH3 is 1. The Bertz CT molecular complexity index is 939. The van der Waals surface area contributed by atoms with Gasteiger partial charge in [-0.2, -0.15) is 0 Å². The number of anilines is 1. The van der Waals surface area contributed by atoms with Gasteiger partial charge in [0.25, 0.3) is 5.89 Å². The molecule has 1 amide bonds. The first-order valence-corrected chi connectivity index (χ1v) is 7.17. The summed E-state index contributed by atoms with van der Waals surface area (Å²) in [5.74, 6) is -2.36. The van der Waals surface area contributed by atoms with Crippen LogP contribution in [0.1, 0.15) is 21.0 Å². The second kappa shape index (κ2) is 6.91. The summed E-state index contributed by atoms with van der Waals surface area (Å²) in [6.07, 6.45) is 0. The van der Waals surface area contributed by atoms with Crippen molar-refractivity contribution < 1.29 is 23.1 Å². The molecule has 0 saturated heterocycles. The molecule has 0 atom stereocenters. The van der Waals surface area contributed by atoms with Gasteiger partial charge in [0.1, 0.15) is 5.82 Å². The van der Waals surface area contributed by atoms with Gasteiger partial charge in [-0.15, -0.1) is 10.2 Å². The Morgan fingerprint density at radius 2 is 1.80 bits per heavy atom. The average molecular weight is 341 g/mol. The summed E-state index contributed by atoms with van der Waals surface area (Å²) < 4.78 is 23.6. The summed E-state index contributed by atoms with van der Waals surface area (Å²) in [4.78, 5) is 24.0. The van der Waals surface area contributed by atoms with Crippen molar-refractivity contribution in [3.63, 3.8) is 0 Å². The van der Waals surface area contributed by atoms with E-state index in [1.165, 1.54) is 37.4 Å². The molecule has 0 fully saturated rings. The van der Waals surface area contributed by atoms with Crippen LogP contribution < -0.4 is 5.32 Å². The number of carbonyl (C=O) groups is 2. The number of ether oxygens (including phenoxy) is 1. The number of nitrogens with one attached hydrogen (secondary N) is 1. The zero-order chi connectivity index (χ0) is 17.8. The molecule has 25 heavy (non-hydrogen) atoms. The van der Waals surface area contributed by atoms with Crippen molar-refractivity contribution in [1.29, 1.82) is 0 Å². The van der Waals surface area contributed by atoms with Crippen molar-refractivity contribution in [2.75, 3.05) is 12.4 Å². The molecule has 0 aliphatic heterocycles. The van der Waals surface area contributed by atoms with E-state index in [1.54, 1.807) is 18.2 Å². The van der Waals surface area contributed by atoms with Crippen LogP contribution in [-0.2, 0) is 4.74 Å². The predicted octanol–water partition coefficient (Wildman–Crippen LogP) is 2.91. The van der Waals surface area contributed by atoms with Crippen molar-refractivity contribution in [1.82, 2.24) is 10.2 Å². The number of hydrogen-bond acceptors (Lipinski definition) is 6. The van der Waals surface area contributed by atoms with Gasteiger partial charge >= 0.3 is 17.8 Å². The molecule has 0 spiro atoms. The summed E-state index contributed by atoms with van der Waals surface area (Å²) >= 11 is 0. The van der Waals surface area contributed by atoms with E-state index in [9.17, 15) is 14.0 Å². The molecule has 3 rings (SSSR count). The third-order valence-corrected chi connectivity index (χ3v) is 3.30. The van der Waals surface area contributed by atoms with E-state index < -0.39 is 17.7 Å². The molecule has 0 aliphatic carbocycles. The van der Waals surface area contributed by atoms with Crippen LogP contribution in [0.5, 0.6) is 0 Å². The lowest BCUT2D eigenvalue weighted by molar-refractivity contribution is 0.0602. The molecule has 1 aromatic heterocycles. The third-order valence-electron chi connectivity index (χ3n) is 3.30. The van der Waals surface area contributed by atoms with Crippen molar-refractivity contribution in [3.8, 4) is 11.5 Å². The highest BCUT2D eigenvalue weighted by molar-refractivity contribution is 6.05. The molecule has 0 bridgehead atoms. The Kier molecular flexibility index (Phi) is 4.51. The number of carbonyl (C=O) groups excluding carboxylic acids is 2. The molecular formula is C17H12FN3O4. The molecule has 0 unspecified atom stereocenters. The standard InChI is InChI=1S/C17H12FN3O4/c1-24-17(23)11-7-3-5-9-13(11)19-14(22)16-21-20-15(25-16)10-6-2-4-8-12(10)18/h2-9H,1H3,(H,19,22). The van der Waals surface area contributed by atoms with Gasteiger partial charge in [0.05, 0.1) is 23.9 Å². The lowest BCUT2D eigenvalue weighted by Crippen LogP contribution is -2.15. The van der Waals surface area contributed by atoms with Gasteiger partial charge < -0.3 is 14.5 Å². The van der Waals surface area contributed by atoms with Crippen molar-refractivity contribution in [2.24, 2.45) is 0 Å². The van der Waals surface area contributed by atoms with Crippen molar-refractivity contribution in [3.05, 3.63) is 65.8 Å². The minimum absolute atomic E-state index is 0.0870. The average Bonchev–Trinajstić information content (AvgIpc) is 3.12. The van der Waals surface area contributed by atoms with Crippen LogP contribution in [0.4, 0.5) is 10.1 Å². The van der Waals surface area contributed by atoms with Crippen LogP contribution in [-0.4, -0.2) is 29.2 Å². The van der Waals surface area contributed by atoms with E-state index in [0.717, 1.165) is 0 Å². The van der Waals surface area contributed by atoms with Gasteiger partial charge in [-0.25, -0.2) is 9.18 Å². The summed E-state index contributed by atoms with van der Waals surface area (Å²) in [6.45, 7) is 0. The molecule has 126 valence electrons. The number of rotatable bonds is 4. The van der Waals surface area contributed by atoms with Crippen LogP contribution in [0, 0.1) is 5.82 Å². The van der Waals surface area contributed by atoms with Crippen molar-refractivity contribution in [2.45, 2.75) is 0 Å². The minimum atomic E-state index is -0.730. The molecule has 7 nitrogen and oxygen atoms in total. The number of hydrogen-bond donors (Lipinski definition) is 1. The molecule has 0 aliphatic rings. The van der Waals surface area contributed by atoms with Crippen LogP contribution >= 0.6 is 0 Å². The largest absolute Gasteiger partial charge is 0.465 e. The first kappa shape index (κ1) is 16.3. The number of esters is 1. The van der Waals surface area contributed by atoms with Crippen LogP contribution in [0.2, 0.25) is 0 Å². The van der Waals surface area contributed by atoms with Gasteiger partial charge in [0.2, 0.25) is 0 Å². The molecule has 0 radical (unpaired) electrons. The number of nitrogens with zero attached hydrogens (tertiary/aromatic N) is 2. The molecular weight excluding hydrogens is 329 g/mol. The number of aromatic nitrogens is 2. The molecule has 2 aromatic carbocycles. The maximum Gasteiger partial charge on any atom is 0.339 e. The van der Waals surface area contributed by atoms with Gasteiger partial charge in [-0.05, 0) is 24.3 Å². The van der Waals surface area contributed by atoms with Crippen molar-refractivity contribution >= 4 is 17.6 Å². The minimum Gasteiger partial charge on any atom is -0.465 e. The Labute approximate surface area is 141 Å². The lowest BCUT2D eigenvalue weighted by atomic mass is 10.2. The molecule has 8 heteroatoms. The summed E-state index contributed by atoms with van der Waals surface area (Å²) in [5, 5.41) is 9.78. The molecule has 0 saturated carbocycles. The Morgan fingerprint density at radius 1 is 1.08 bits per heavy atom. The highest BCUT2D eigenvalue weighted by Gasteiger charge is 2.20. The number of para-hydroxylation sites is 1. The highest BCUT2D eigenvalue weighted by Crippen LogP contribution is 2.22. The van der Waals surface area contributed by atoms with E-state index in [1.807, 2.05) is 0 Å². The Morgan fingerprint density at radius 3 is 2.56 bits per heavy atom. The Balaban J connectivity index is 1.84. The quantitative estimate of drug-likeness (QED) is 0.733. The Hall–Kier alpha value is -3.55. The smallest absolute Gasteiger partial charge is 0.339 e. The zero-order valence-electron chi connectivity index (χ0n) is 13.0. The summed E-state index contributed by atoms with van der Waals surface area (Å²) in [6, 6.07) is 12.1. The first-order chi connectivity index (χ1) is 12.1. The molecule has 1 N–H and O–H groups in total. The fourth-order valence-electron chi connectivity index (χ4n) is 2.11. The van der Waals surface area contributed by atoms with E-state index in [-0.39, 0.29) is 28.6 Å². The highest BCUT2D eigenvalue weighted by atomic mass is 19.1. The normalized spacial score (nSPS) is 10.3. The van der Waals surface area contributed by atoms with E-state index in [2.05, 4.69) is 20.3 Å². The van der Waals surface area contributed by atoms with Gasteiger partial charge in [-0.1, -0.05) is 24.3 Å². The van der Waals surface area contributed by atoms with Crippen LogP contribution in [0.25, 0.3) is 11.5 Å². The molecule has 3 aromatic rings. The monoisotopic (exact) mass is 341 g/mol. The number of halogens is 1. The summed E-state index contributed by atoms with van der Waals surface area (Å²) in [7, 11) is 1.24.